The molecular weight excluding hydrogens is 357 g/mol. The van der Waals surface area contributed by atoms with Crippen LogP contribution in [0.3, 0.4) is 0 Å². The zero-order chi connectivity index (χ0) is 19.1. The molecule has 8 heteroatoms. The standard InChI is InChI=1S/C19H21F3N4O/c1-25-16(6-8-23-25)12-26-9-3-7-18(13-26)11-17(24-27-18)14-4-2-5-15(10-14)19(20,21)22/h2,4-6,8,10H,3,7,9,11-13H2,1H3. The Morgan fingerprint density at radius 2 is 2.11 bits per heavy atom. The summed E-state index contributed by atoms with van der Waals surface area (Å²) in [6.07, 6.45) is -0.255. The highest BCUT2D eigenvalue weighted by Gasteiger charge is 2.43. The summed E-state index contributed by atoms with van der Waals surface area (Å²) in [5, 5.41) is 8.36. The van der Waals surface area contributed by atoms with Crippen LogP contribution in [0.2, 0.25) is 0 Å². The quantitative estimate of drug-likeness (QED) is 0.820. The first-order valence-electron chi connectivity index (χ1n) is 8.97. The van der Waals surface area contributed by atoms with Crippen molar-refractivity contribution in [2.45, 2.75) is 37.6 Å². The Labute approximate surface area is 155 Å². The summed E-state index contributed by atoms with van der Waals surface area (Å²) in [5.41, 5.74) is 1.06. The molecular formula is C19H21F3N4O. The molecule has 1 fully saturated rings. The number of hydrogen-bond donors (Lipinski definition) is 0. The van der Waals surface area contributed by atoms with E-state index in [1.165, 1.54) is 6.07 Å². The van der Waals surface area contributed by atoms with Gasteiger partial charge in [0, 0.05) is 38.3 Å². The smallest absolute Gasteiger partial charge is 0.387 e. The molecule has 2 aliphatic rings. The van der Waals surface area contributed by atoms with Gasteiger partial charge in [-0.1, -0.05) is 17.3 Å². The van der Waals surface area contributed by atoms with Gasteiger partial charge in [-0.2, -0.15) is 18.3 Å². The van der Waals surface area contributed by atoms with E-state index in [1.54, 1.807) is 12.3 Å². The minimum atomic E-state index is -4.36. The van der Waals surface area contributed by atoms with E-state index in [2.05, 4.69) is 15.2 Å². The van der Waals surface area contributed by atoms with E-state index in [-0.39, 0.29) is 0 Å². The number of hydrogen-bond acceptors (Lipinski definition) is 4. The Morgan fingerprint density at radius 3 is 2.85 bits per heavy atom. The Morgan fingerprint density at radius 1 is 1.26 bits per heavy atom. The molecule has 0 radical (unpaired) electrons. The fourth-order valence-electron chi connectivity index (χ4n) is 3.88. The molecule has 0 N–H and O–H groups in total. The molecule has 1 aromatic heterocycles. The van der Waals surface area contributed by atoms with Crippen molar-refractivity contribution >= 4 is 5.71 Å². The summed E-state index contributed by atoms with van der Waals surface area (Å²) < 4.78 is 40.8. The van der Waals surface area contributed by atoms with Crippen LogP contribution >= 0.6 is 0 Å². The molecule has 1 saturated heterocycles. The van der Waals surface area contributed by atoms with Crippen molar-refractivity contribution in [3.05, 3.63) is 53.3 Å². The van der Waals surface area contributed by atoms with Gasteiger partial charge in [-0.25, -0.2) is 0 Å². The third-order valence-electron chi connectivity index (χ3n) is 5.29. The van der Waals surface area contributed by atoms with Crippen molar-refractivity contribution in [2.24, 2.45) is 12.2 Å². The lowest BCUT2D eigenvalue weighted by Crippen LogP contribution is -2.48. The van der Waals surface area contributed by atoms with Gasteiger partial charge in [-0.3, -0.25) is 9.58 Å². The number of piperidine rings is 1. The second-order valence-corrected chi connectivity index (χ2v) is 7.33. The molecule has 0 amide bonds. The lowest BCUT2D eigenvalue weighted by molar-refractivity contribution is -0.137. The number of oxime groups is 1. The maximum absolute atomic E-state index is 13.0. The van der Waals surface area contributed by atoms with E-state index in [1.807, 2.05) is 17.8 Å². The Kier molecular flexibility index (Phi) is 4.46. The summed E-state index contributed by atoms with van der Waals surface area (Å²) in [4.78, 5) is 8.09. The van der Waals surface area contributed by atoms with Crippen molar-refractivity contribution in [3.63, 3.8) is 0 Å². The van der Waals surface area contributed by atoms with Crippen molar-refractivity contribution in [1.82, 2.24) is 14.7 Å². The van der Waals surface area contributed by atoms with Crippen LogP contribution in [0.25, 0.3) is 0 Å². The molecule has 144 valence electrons. The van der Waals surface area contributed by atoms with Gasteiger partial charge >= 0.3 is 6.18 Å². The minimum Gasteiger partial charge on any atom is -0.387 e. The largest absolute Gasteiger partial charge is 0.416 e. The molecule has 2 aliphatic heterocycles. The van der Waals surface area contributed by atoms with Crippen molar-refractivity contribution in [2.75, 3.05) is 13.1 Å². The number of rotatable bonds is 3. The molecule has 2 aromatic rings. The van der Waals surface area contributed by atoms with Gasteiger partial charge < -0.3 is 4.84 Å². The molecule has 1 aromatic carbocycles. The minimum absolute atomic E-state index is 0.458. The fraction of sp³-hybridized carbons (Fsp3) is 0.474. The maximum atomic E-state index is 13.0. The first kappa shape index (κ1) is 18.0. The van der Waals surface area contributed by atoms with Gasteiger partial charge in [0.1, 0.15) is 0 Å². The molecule has 0 bridgehead atoms. The van der Waals surface area contributed by atoms with Crippen LogP contribution in [0.4, 0.5) is 13.2 Å². The Hall–Kier alpha value is -2.35. The number of aromatic nitrogens is 2. The zero-order valence-corrected chi connectivity index (χ0v) is 15.0. The van der Waals surface area contributed by atoms with E-state index in [9.17, 15) is 13.2 Å². The van der Waals surface area contributed by atoms with Gasteiger partial charge in [0.05, 0.1) is 17.0 Å². The second kappa shape index (κ2) is 6.67. The van der Waals surface area contributed by atoms with Crippen LogP contribution in [-0.2, 0) is 24.6 Å². The first-order valence-corrected chi connectivity index (χ1v) is 8.97. The van der Waals surface area contributed by atoms with Crippen LogP contribution in [0.5, 0.6) is 0 Å². The van der Waals surface area contributed by atoms with Gasteiger partial charge in [-0.15, -0.1) is 0 Å². The summed E-state index contributed by atoms with van der Waals surface area (Å²) >= 11 is 0. The van der Waals surface area contributed by atoms with Crippen molar-refractivity contribution < 1.29 is 18.0 Å². The topological polar surface area (TPSA) is 42.7 Å². The molecule has 3 heterocycles. The predicted octanol–water partition coefficient (Wildman–Crippen LogP) is 3.60. The van der Waals surface area contributed by atoms with Crippen LogP contribution < -0.4 is 0 Å². The third-order valence-corrected chi connectivity index (χ3v) is 5.29. The lowest BCUT2D eigenvalue weighted by atomic mass is 9.86. The number of aryl methyl sites for hydroxylation is 1. The van der Waals surface area contributed by atoms with Crippen LogP contribution in [0.15, 0.2) is 41.7 Å². The van der Waals surface area contributed by atoms with Gasteiger partial charge in [0.15, 0.2) is 5.60 Å². The molecule has 5 nitrogen and oxygen atoms in total. The second-order valence-electron chi connectivity index (χ2n) is 7.33. The fourth-order valence-corrected chi connectivity index (χ4v) is 3.88. The van der Waals surface area contributed by atoms with Crippen LogP contribution in [0.1, 0.15) is 36.1 Å². The van der Waals surface area contributed by atoms with E-state index in [0.29, 0.717) is 24.2 Å². The number of likely N-dealkylation sites (tertiary alicyclic amines) is 1. The van der Waals surface area contributed by atoms with Gasteiger partial charge in [0.2, 0.25) is 0 Å². The molecule has 1 atom stereocenters. The van der Waals surface area contributed by atoms with E-state index < -0.39 is 17.3 Å². The number of benzene rings is 1. The molecule has 1 unspecified atom stereocenters. The average Bonchev–Trinajstić information content (AvgIpc) is 3.22. The highest BCUT2D eigenvalue weighted by molar-refractivity contribution is 6.01. The van der Waals surface area contributed by atoms with Gasteiger partial charge in [0.25, 0.3) is 0 Å². The monoisotopic (exact) mass is 378 g/mol. The summed E-state index contributed by atoms with van der Waals surface area (Å²) in [6, 6.07) is 7.29. The summed E-state index contributed by atoms with van der Waals surface area (Å²) in [7, 11) is 1.91. The van der Waals surface area contributed by atoms with E-state index in [4.69, 9.17) is 4.84 Å². The van der Waals surface area contributed by atoms with Crippen LogP contribution in [0, 0.1) is 0 Å². The highest BCUT2D eigenvalue weighted by atomic mass is 19.4. The number of halogens is 3. The Balaban J connectivity index is 1.47. The molecule has 0 saturated carbocycles. The Bertz CT molecular complexity index is 861. The average molecular weight is 378 g/mol. The SMILES string of the molecule is Cn1nccc1CN1CCCC2(CC(c3cccc(C(F)(F)F)c3)=NO2)C1. The summed E-state index contributed by atoms with van der Waals surface area (Å²) in [5.74, 6) is 0. The van der Waals surface area contributed by atoms with E-state index >= 15 is 0 Å². The molecule has 0 aliphatic carbocycles. The highest BCUT2D eigenvalue weighted by Crippen LogP contribution is 2.36. The van der Waals surface area contributed by atoms with E-state index in [0.717, 1.165) is 43.8 Å². The molecule has 27 heavy (non-hydrogen) atoms. The third kappa shape index (κ3) is 3.71. The zero-order valence-electron chi connectivity index (χ0n) is 15.0. The van der Waals surface area contributed by atoms with Crippen molar-refractivity contribution in [1.29, 1.82) is 0 Å². The molecule has 4 rings (SSSR count). The number of alkyl halides is 3. The molecule has 1 spiro atoms. The lowest BCUT2D eigenvalue weighted by Gasteiger charge is -2.38. The van der Waals surface area contributed by atoms with Crippen molar-refractivity contribution in [3.8, 4) is 0 Å². The first-order chi connectivity index (χ1) is 12.8. The summed E-state index contributed by atoms with van der Waals surface area (Å²) in [6.45, 7) is 2.42. The van der Waals surface area contributed by atoms with Crippen LogP contribution in [-0.4, -0.2) is 39.1 Å². The number of nitrogens with zero attached hydrogens (tertiary/aromatic N) is 4. The van der Waals surface area contributed by atoms with Gasteiger partial charge in [-0.05, 0) is 37.6 Å². The normalized spacial score (nSPS) is 23.5. The maximum Gasteiger partial charge on any atom is 0.416 e. The predicted molar refractivity (Wildman–Crippen MR) is 94.1 cm³/mol.